The molecule has 0 bridgehead atoms. The van der Waals surface area contributed by atoms with Crippen molar-refractivity contribution in [3.63, 3.8) is 0 Å². The van der Waals surface area contributed by atoms with Gasteiger partial charge in [0, 0.05) is 31.2 Å². The highest BCUT2D eigenvalue weighted by molar-refractivity contribution is 5.01. The molecule has 1 aliphatic heterocycles. The average molecular weight is 250 g/mol. The van der Waals surface area contributed by atoms with E-state index in [-0.39, 0.29) is 0 Å². The monoisotopic (exact) mass is 250 g/mol. The summed E-state index contributed by atoms with van der Waals surface area (Å²) in [6, 6.07) is 0.827. The SMILES string of the molecule is CC(C1CCCC1)N1CCNCC12CCCCC2. The molecule has 1 spiro atoms. The summed E-state index contributed by atoms with van der Waals surface area (Å²) in [6.07, 6.45) is 13.2. The molecule has 2 nitrogen and oxygen atoms in total. The van der Waals surface area contributed by atoms with Crippen molar-refractivity contribution < 1.29 is 0 Å². The lowest BCUT2D eigenvalue weighted by Gasteiger charge is -2.53. The van der Waals surface area contributed by atoms with E-state index in [1.807, 2.05) is 0 Å². The number of hydrogen-bond acceptors (Lipinski definition) is 2. The van der Waals surface area contributed by atoms with Gasteiger partial charge < -0.3 is 5.32 Å². The van der Waals surface area contributed by atoms with Crippen molar-refractivity contribution in [2.24, 2.45) is 5.92 Å². The molecule has 0 aromatic heterocycles. The van der Waals surface area contributed by atoms with Crippen molar-refractivity contribution in [1.82, 2.24) is 10.2 Å². The van der Waals surface area contributed by atoms with Crippen molar-refractivity contribution in [3.8, 4) is 0 Å². The van der Waals surface area contributed by atoms with Crippen LogP contribution in [0.25, 0.3) is 0 Å². The normalized spacial score (nSPS) is 31.8. The van der Waals surface area contributed by atoms with Gasteiger partial charge >= 0.3 is 0 Å². The van der Waals surface area contributed by atoms with Crippen molar-refractivity contribution in [3.05, 3.63) is 0 Å². The summed E-state index contributed by atoms with van der Waals surface area (Å²) in [6.45, 7) is 6.28. The lowest BCUT2D eigenvalue weighted by atomic mass is 9.77. The molecule has 2 saturated carbocycles. The Labute approximate surface area is 113 Å². The third-order valence-corrected chi connectivity index (χ3v) is 5.95. The molecule has 1 unspecified atom stereocenters. The molecular formula is C16H30N2. The molecule has 0 amide bonds. The second-order valence-corrected chi connectivity index (χ2v) is 6.94. The van der Waals surface area contributed by atoms with Gasteiger partial charge in [0.25, 0.3) is 0 Å². The first-order chi connectivity index (χ1) is 8.82. The second-order valence-electron chi connectivity index (χ2n) is 6.94. The van der Waals surface area contributed by atoms with E-state index in [1.165, 1.54) is 77.4 Å². The van der Waals surface area contributed by atoms with Crippen molar-refractivity contribution in [2.75, 3.05) is 19.6 Å². The molecule has 0 radical (unpaired) electrons. The minimum Gasteiger partial charge on any atom is -0.314 e. The highest BCUT2D eigenvalue weighted by Gasteiger charge is 2.43. The number of rotatable bonds is 2. The minimum atomic E-state index is 0.526. The number of piperazine rings is 1. The van der Waals surface area contributed by atoms with Crippen LogP contribution in [0.3, 0.4) is 0 Å². The molecule has 2 heteroatoms. The Kier molecular flexibility index (Phi) is 3.95. The summed E-state index contributed by atoms with van der Waals surface area (Å²) in [7, 11) is 0. The first kappa shape index (κ1) is 12.9. The predicted molar refractivity (Wildman–Crippen MR) is 76.8 cm³/mol. The predicted octanol–water partition coefficient (Wildman–Crippen LogP) is 3.17. The van der Waals surface area contributed by atoms with Crippen LogP contribution in [0.1, 0.15) is 64.7 Å². The van der Waals surface area contributed by atoms with E-state index in [0.717, 1.165) is 12.0 Å². The quantitative estimate of drug-likeness (QED) is 0.810. The van der Waals surface area contributed by atoms with Crippen LogP contribution in [0.2, 0.25) is 0 Å². The zero-order chi connectivity index (χ0) is 12.4. The van der Waals surface area contributed by atoms with Crippen molar-refractivity contribution in [2.45, 2.75) is 76.3 Å². The lowest BCUT2D eigenvalue weighted by Crippen LogP contribution is -2.65. The molecule has 0 aromatic carbocycles. The van der Waals surface area contributed by atoms with Crippen LogP contribution in [0, 0.1) is 5.92 Å². The van der Waals surface area contributed by atoms with Gasteiger partial charge in [-0.15, -0.1) is 0 Å². The second kappa shape index (κ2) is 5.50. The summed E-state index contributed by atoms with van der Waals surface area (Å²) in [5, 5.41) is 3.68. The van der Waals surface area contributed by atoms with Gasteiger partial charge in [-0.25, -0.2) is 0 Å². The number of nitrogens with zero attached hydrogens (tertiary/aromatic N) is 1. The van der Waals surface area contributed by atoms with Gasteiger partial charge in [0.2, 0.25) is 0 Å². The Morgan fingerprint density at radius 1 is 1.06 bits per heavy atom. The first-order valence-electron chi connectivity index (χ1n) is 8.29. The highest BCUT2D eigenvalue weighted by Crippen LogP contribution is 2.39. The molecule has 0 aromatic rings. The van der Waals surface area contributed by atoms with Crippen LogP contribution < -0.4 is 5.32 Å². The standard InChI is InChI=1S/C16H30N2/c1-14(15-7-3-4-8-15)18-12-11-17-13-16(18)9-5-2-6-10-16/h14-15,17H,2-13H2,1H3. The summed E-state index contributed by atoms with van der Waals surface area (Å²) in [5.74, 6) is 0.988. The molecule has 1 heterocycles. The highest BCUT2D eigenvalue weighted by atomic mass is 15.3. The van der Waals surface area contributed by atoms with E-state index in [0.29, 0.717) is 5.54 Å². The van der Waals surface area contributed by atoms with Crippen molar-refractivity contribution >= 4 is 0 Å². The van der Waals surface area contributed by atoms with Gasteiger partial charge in [-0.2, -0.15) is 0 Å². The Morgan fingerprint density at radius 3 is 2.50 bits per heavy atom. The van der Waals surface area contributed by atoms with E-state index in [9.17, 15) is 0 Å². The van der Waals surface area contributed by atoms with Gasteiger partial charge in [-0.1, -0.05) is 32.1 Å². The van der Waals surface area contributed by atoms with Gasteiger partial charge in [0.15, 0.2) is 0 Å². The maximum absolute atomic E-state index is 3.68. The average Bonchev–Trinajstić information content (AvgIpc) is 2.93. The maximum Gasteiger partial charge on any atom is 0.0337 e. The first-order valence-corrected chi connectivity index (χ1v) is 8.29. The van der Waals surface area contributed by atoms with E-state index < -0.39 is 0 Å². The summed E-state index contributed by atoms with van der Waals surface area (Å²) >= 11 is 0. The third kappa shape index (κ3) is 2.34. The zero-order valence-corrected chi connectivity index (χ0v) is 12.1. The van der Waals surface area contributed by atoms with Crippen LogP contribution in [0.5, 0.6) is 0 Å². The molecular weight excluding hydrogens is 220 g/mol. The van der Waals surface area contributed by atoms with Gasteiger partial charge in [-0.3, -0.25) is 4.90 Å². The fraction of sp³-hybridized carbons (Fsp3) is 1.00. The smallest absolute Gasteiger partial charge is 0.0337 e. The molecule has 3 aliphatic rings. The molecule has 2 aliphatic carbocycles. The molecule has 18 heavy (non-hydrogen) atoms. The van der Waals surface area contributed by atoms with E-state index >= 15 is 0 Å². The summed E-state index contributed by atoms with van der Waals surface area (Å²) in [5.41, 5.74) is 0.526. The van der Waals surface area contributed by atoms with Gasteiger partial charge in [0.1, 0.15) is 0 Å². The molecule has 104 valence electrons. The molecule has 1 atom stereocenters. The summed E-state index contributed by atoms with van der Waals surface area (Å²) < 4.78 is 0. The summed E-state index contributed by atoms with van der Waals surface area (Å²) in [4.78, 5) is 2.93. The molecule has 3 fully saturated rings. The maximum atomic E-state index is 3.68. The number of nitrogens with one attached hydrogen (secondary N) is 1. The zero-order valence-electron chi connectivity index (χ0n) is 12.1. The van der Waals surface area contributed by atoms with Gasteiger partial charge in [0.05, 0.1) is 0 Å². The van der Waals surface area contributed by atoms with E-state index in [1.54, 1.807) is 0 Å². The fourth-order valence-electron chi connectivity index (χ4n) is 4.86. The molecule has 1 saturated heterocycles. The number of hydrogen-bond donors (Lipinski definition) is 1. The van der Waals surface area contributed by atoms with Crippen LogP contribution >= 0.6 is 0 Å². The van der Waals surface area contributed by atoms with Crippen LogP contribution in [-0.2, 0) is 0 Å². The van der Waals surface area contributed by atoms with Crippen LogP contribution in [0.15, 0.2) is 0 Å². The Bertz CT molecular complexity index is 256. The Hall–Kier alpha value is -0.0800. The Balaban J connectivity index is 1.73. The lowest BCUT2D eigenvalue weighted by molar-refractivity contribution is -0.0194. The minimum absolute atomic E-state index is 0.526. The van der Waals surface area contributed by atoms with E-state index in [4.69, 9.17) is 0 Å². The Morgan fingerprint density at radius 2 is 1.78 bits per heavy atom. The van der Waals surface area contributed by atoms with Crippen LogP contribution in [-0.4, -0.2) is 36.1 Å². The topological polar surface area (TPSA) is 15.3 Å². The van der Waals surface area contributed by atoms with Crippen LogP contribution in [0.4, 0.5) is 0 Å². The van der Waals surface area contributed by atoms with Gasteiger partial charge in [-0.05, 0) is 38.5 Å². The molecule has 3 rings (SSSR count). The largest absolute Gasteiger partial charge is 0.314 e. The van der Waals surface area contributed by atoms with E-state index in [2.05, 4.69) is 17.1 Å². The fourth-order valence-corrected chi connectivity index (χ4v) is 4.86. The molecule has 1 N–H and O–H groups in total. The van der Waals surface area contributed by atoms with Crippen molar-refractivity contribution in [1.29, 1.82) is 0 Å². The third-order valence-electron chi connectivity index (χ3n) is 5.95.